The average molecular weight is 433 g/mol. The Morgan fingerprint density at radius 1 is 1.25 bits per heavy atom. The van der Waals surface area contributed by atoms with Gasteiger partial charge in [-0.2, -0.15) is 10.1 Å². The highest BCUT2D eigenvalue weighted by molar-refractivity contribution is 5.68. The summed E-state index contributed by atoms with van der Waals surface area (Å²) >= 11 is 0. The summed E-state index contributed by atoms with van der Waals surface area (Å²) < 4.78 is 20.7. The molecule has 9 nitrogen and oxygen atoms in total. The molecule has 1 aliphatic carbocycles. The molecular formula is C22H20FN7O2. The van der Waals surface area contributed by atoms with Crippen LogP contribution in [0.1, 0.15) is 24.7 Å². The molecule has 1 aromatic carbocycles. The minimum absolute atomic E-state index is 0.00757. The van der Waals surface area contributed by atoms with Gasteiger partial charge in [-0.3, -0.25) is 4.98 Å². The van der Waals surface area contributed by atoms with Crippen molar-refractivity contribution in [1.29, 1.82) is 0 Å². The first-order valence-electron chi connectivity index (χ1n) is 10.2. The van der Waals surface area contributed by atoms with Crippen LogP contribution in [0.25, 0.3) is 28.3 Å². The zero-order valence-electron chi connectivity index (χ0n) is 17.1. The van der Waals surface area contributed by atoms with E-state index < -0.39 is 5.69 Å². The van der Waals surface area contributed by atoms with Crippen LogP contribution in [0.5, 0.6) is 0 Å². The van der Waals surface area contributed by atoms with Gasteiger partial charge in [0, 0.05) is 29.8 Å². The second kappa shape index (κ2) is 8.31. The van der Waals surface area contributed by atoms with Crippen molar-refractivity contribution in [2.24, 2.45) is 5.73 Å². The molecule has 162 valence electrons. The fourth-order valence-electron chi connectivity index (χ4n) is 3.35. The third-order valence-electron chi connectivity index (χ3n) is 5.31. The van der Waals surface area contributed by atoms with Crippen molar-refractivity contribution in [2.45, 2.75) is 25.3 Å². The zero-order chi connectivity index (χ0) is 22.1. The predicted octanol–water partition coefficient (Wildman–Crippen LogP) is 2.84. The van der Waals surface area contributed by atoms with E-state index in [1.807, 2.05) is 24.3 Å². The summed E-state index contributed by atoms with van der Waals surface area (Å²) in [6, 6.07) is 11.2. The van der Waals surface area contributed by atoms with Gasteiger partial charge in [-0.15, -0.1) is 0 Å². The first-order valence-corrected chi connectivity index (χ1v) is 10.2. The molecule has 10 heteroatoms. The normalized spacial score (nSPS) is 14.1. The third-order valence-corrected chi connectivity index (χ3v) is 5.31. The largest absolute Gasteiger partial charge is 0.350 e. The number of nitrogens with two attached hydrogens (primary N) is 1. The number of nitrogens with zero attached hydrogens (tertiary/aromatic N) is 6. The maximum absolute atomic E-state index is 12.8. The number of hydrogen-bond acceptors (Lipinski definition) is 7. The molecule has 0 bridgehead atoms. The fraction of sp³-hybridized carbons (Fsp3) is 0.227. The van der Waals surface area contributed by atoms with Gasteiger partial charge in [0.25, 0.3) is 0 Å². The molecule has 3 heterocycles. The summed E-state index contributed by atoms with van der Waals surface area (Å²) in [5.74, 6) is 1.61. The van der Waals surface area contributed by atoms with Gasteiger partial charge in [0.1, 0.15) is 6.33 Å². The second-order valence-corrected chi connectivity index (χ2v) is 7.62. The van der Waals surface area contributed by atoms with E-state index in [0.717, 1.165) is 28.7 Å². The molecule has 0 spiro atoms. The molecule has 3 aromatic heterocycles. The van der Waals surface area contributed by atoms with E-state index in [-0.39, 0.29) is 18.7 Å². The molecule has 0 aliphatic heterocycles. The summed E-state index contributed by atoms with van der Waals surface area (Å²) in [6.45, 7) is 0.000434. The maximum Gasteiger partial charge on any atom is 0.350 e. The van der Waals surface area contributed by atoms with Crippen molar-refractivity contribution in [2.75, 3.05) is 6.54 Å². The Balaban J connectivity index is 1.45. The van der Waals surface area contributed by atoms with Gasteiger partial charge >= 0.3 is 5.69 Å². The van der Waals surface area contributed by atoms with Gasteiger partial charge in [-0.25, -0.2) is 18.4 Å². The first-order chi connectivity index (χ1) is 15.7. The van der Waals surface area contributed by atoms with Crippen molar-refractivity contribution >= 4 is 0 Å². The minimum Gasteiger partial charge on any atom is -0.339 e. The molecule has 1 saturated carbocycles. The highest BCUT2D eigenvalue weighted by atomic mass is 19.1. The van der Waals surface area contributed by atoms with Crippen LogP contribution in [0.3, 0.4) is 0 Å². The van der Waals surface area contributed by atoms with E-state index >= 15 is 0 Å². The number of rotatable bonds is 7. The van der Waals surface area contributed by atoms with Gasteiger partial charge in [0.05, 0.1) is 24.3 Å². The van der Waals surface area contributed by atoms with Gasteiger partial charge in [-0.05, 0) is 36.6 Å². The second-order valence-electron chi connectivity index (χ2n) is 7.62. The summed E-state index contributed by atoms with van der Waals surface area (Å²) in [5, 5.41) is 8.16. The van der Waals surface area contributed by atoms with Gasteiger partial charge < -0.3 is 10.3 Å². The topological polar surface area (TPSA) is 118 Å². The molecule has 1 fully saturated rings. The van der Waals surface area contributed by atoms with Gasteiger partial charge in [0.15, 0.2) is 0 Å². The number of pyridine rings is 1. The first kappa shape index (κ1) is 20.0. The van der Waals surface area contributed by atoms with Crippen molar-refractivity contribution < 1.29 is 8.91 Å². The SMILES string of the molecule is NC/C(=C\F)Cn1ncn(-c2ccnc(-c3cccc(-c4noc(C5CC5)n4)c3)c2)c1=O. The van der Waals surface area contributed by atoms with Crippen molar-refractivity contribution in [3.8, 4) is 28.3 Å². The Labute approximate surface area is 182 Å². The van der Waals surface area contributed by atoms with Gasteiger partial charge in [0.2, 0.25) is 11.7 Å². The van der Waals surface area contributed by atoms with Crippen LogP contribution >= 0.6 is 0 Å². The summed E-state index contributed by atoms with van der Waals surface area (Å²) in [4.78, 5) is 21.7. The molecule has 0 unspecified atom stereocenters. The summed E-state index contributed by atoms with van der Waals surface area (Å²) in [7, 11) is 0. The Morgan fingerprint density at radius 2 is 2.09 bits per heavy atom. The molecule has 0 amide bonds. The van der Waals surface area contributed by atoms with Crippen LogP contribution in [-0.4, -0.2) is 36.0 Å². The molecule has 5 rings (SSSR count). The van der Waals surface area contributed by atoms with Crippen LogP contribution in [0.15, 0.2) is 70.1 Å². The number of aromatic nitrogens is 6. The van der Waals surface area contributed by atoms with E-state index in [4.69, 9.17) is 10.3 Å². The zero-order valence-corrected chi connectivity index (χ0v) is 17.1. The van der Waals surface area contributed by atoms with Crippen LogP contribution in [0, 0.1) is 0 Å². The molecule has 0 atom stereocenters. The molecule has 1 aliphatic rings. The van der Waals surface area contributed by atoms with Crippen molar-refractivity contribution in [3.63, 3.8) is 0 Å². The molecule has 4 aromatic rings. The maximum atomic E-state index is 12.8. The highest BCUT2D eigenvalue weighted by Gasteiger charge is 2.29. The summed E-state index contributed by atoms with van der Waals surface area (Å²) in [5.41, 5.74) is 8.27. The van der Waals surface area contributed by atoms with E-state index in [1.165, 1.54) is 10.9 Å². The van der Waals surface area contributed by atoms with E-state index in [9.17, 15) is 9.18 Å². The molecular weight excluding hydrogens is 413 g/mol. The Kier molecular flexibility index (Phi) is 5.20. The number of benzene rings is 1. The highest BCUT2D eigenvalue weighted by Crippen LogP contribution is 2.39. The summed E-state index contributed by atoms with van der Waals surface area (Å²) in [6.07, 6.45) is 5.59. The standard InChI is InChI=1S/C22H20FN7O2/c23-10-14(11-24)12-30-22(31)29(13-26-30)18-6-7-25-19(9-18)16-2-1-3-17(8-16)20-27-21(32-28-20)15-4-5-15/h1-3,6-10,13,15H,4-5,11-12,24H2/b14-10+. The van der Waals surface area contributed by atoms with Crippen molar-refractivity contribution in [3.05, 3.63) is 77.2 Å². The molecule has 2 N–H and O–H groups in total. The lowest BCUT2D eigenvalue weighted by Gasteiger charge is -2.06. The minimum atomic E-state index is -0.400. The van der Waals surface area contributed by atoms with E-state index in [0.29, 0.717) is 35.3 Å². The van der Waals surface area contributed by atoms with Crippen LogP contribution in [0.4, 0.5) is 4.39 Å². The van der Waals surface area contributed by atoms with Crippen LogP contribution in [0.2, 0.25) is 0 Å². The smallest absolute Gasteiger partial charge is 0.339 e. The lowest BCUT2D eigenvalue weighted by Crippen LogP contribution is -2.26. The number of hydrogen-bond donors (Lipinski definition) is 1. The van der Waals surface area contributed by atoms with Gasteiger partial charge in [-0.1, -0.05) is 23.4 Å². The lowest BCUT2D eigenvalue weighted by molar-refractivity contribution is 0.380. The Hall–Kier alpha value is -3.92. The third kappa shape index (κ3) is 3.87. The van der Waals surface area contributed by atoms with Crippen LogP contribution < -0.4 is 11.4 Å². The Bertz CT molecular complexity index is 1350. The quantitative estimate of drug-likeness (QED) is 0.476. The molecule has 0 radical (unpaired) electrons. The van der Waals surface area contributed by atoms with Crippen LogP contribution in [-0.2, 0) is 6.54 Å². The van der Waals surface area contributed by atoms with Crippen molar-refractivity contribution in [1.82, 2.24) is 29.5 Å². The predicted molar refractivity (Wildman–Crippen MR) is 115 cm³/mol. The Morgan fingerprint density at radius 3 is 2.88 bits per heavy atom. The van der Waals surface area contributed by atoms with E-state index in [2.05, 4.69) is 20.2 Å². The van der Waals surface area contributed by atoms with E-state index in [1.54, 1.807) is 18.3 Å². The molecule has 32 heavy (non-hydrogen) atoms. The lowest BCUT2D eigenvalue weighted by atomic mass is 10.1. The fourth-order valence-corrected chi connectivity index (χ4v) is 3.35. The monoisotopic (exact) mass is 433 g/mol. The number of halogens is 1. The molecule has 0 saturated heterocycles. The average Bonchev–Trinajstić information content (AvgIpc) is 3.45.